The van der Waals surface area contributed by atoms with Crippen LogP contribution in [-0.4, -0.2) is 24.6 Å². The number of fused-ring (bicyclic) bond motifs is 1. The number of para-hydroxylation sites is 2. The van der Waals surface area contributed by atoms with Gasteiger partial charge in [-0.1, -0.05) is 31.2 Å². The van der Waals surface area contributed by atoms with Crippen LogP contribution in [0.3, 0.4) is 0 Å². The summed E-state index contributed by atoms with van der Waals surface area (Å²) < 4.78 is 10.8. The molecule has 1 unspecified atom stereocenters. The van der Waals surface area contributed by atoms with Crippen LogP contribution in [0.2, 0.25) is 0 Å². The maximum Gasteiger partial charge on any atom is 0.338 e. The lowest BCUT2D eigenvalue weighted by atomic mass is 10.1. The summed E-state index contributed by atoms with van der Waals surface area (Å²) in [5.74, 6) is 0.247. The summed E-state index contributed by atoms with van der Waals surface area (Å²) in [6, 6.07) is 14.7. The fraction of sp³-hybridized carbons (Fsp3) is 0.300. The highest BCUT2D eigenvalue weighted by atomic mass is 16.5. The Morgan fingerprint density at radius 3 is 2.80 bits per heavy atom. The minimum atomic E-state index is -0.535. The molecule has 0 saturated heterocycles. The minimum absolute atomic E-state index is 0.0994. The van der Waals surface area contributed by atoms with Crippen LogP contribution >= 0.6 is 0 Å². The van der Waals surface area contributed by atoms with E-state index >= 15 is 0 Å². The SMILES string of the molecule is CCCOC(=O)c1cccc(CN2C(=O)C(C)Oc3ccccc32)c1. The minimum Gasteiger partial charge on any atom is -0.479 e. The molecule has 1 aliphatic rings. The van der Waals surface area contributed by atoms with E-state index < -0.39 is 6.10 Å². The van der Waals surface area contributed by atoms with Gasteiger partial charge in [0.25, 0.3) is 5.91 Å². The molecule has 1 atom stereocenters. The Kier molecular flexibility index (Phi) is 5.03. The van der Waals surface area contributed by atoms with Crippen molar-refractivity contribution < 1.29 is 19.1 Å². The summed E-state index contributed by atoms with van der Waals surface area (Å²) in [5.41, 5.74) is 2.10. The number of rotatable bonds is 5. The first kappa shape index (κ1) is 17.0. The lowest BCUT2D eigenvalue weighted by molar-refractivity contribution is -0.125. The molecular weight excluding hydrogens is 318 g/mol. The van der Waals surface area contributed by atoms with Gasteiger partial charge in [-0.3, -0.25) is 4.79 Å². The van der Waals surface area contributed by atoms with Gasteiger partial charge in [-0.05, 0) is 43.2 Å². The third-order valence-electron chi connectivity index (χ3n) is 4.01. The van der Waals surface area contributed by atoms with Gasteiger partial charge in [0.05, 0.1) is 24.4 Å². The van der Waals surface area contributed by atoms with Gasteiger partial charge < -0.3 is 14.4 Å². The molecular formula is C20H21NO4. The van der Waals surface area contributed by atoms with Gasteiger partial charge in [0.2, 0.25) is 0 Å². The van der Waals surface area contributed by atoms with Crippen molar-refractivity contribution in [3.8, 4) is 5.75 Å². The summed E-state index contributed by atoms with van der Waals surface area (Å²) >= 11 is 0. The van der Waals surface area contributed by atoms with Crippen molar-refractivity contribution in [2.24, 2.45) is 0 Å². The van der Waals surface area contributed by atoms with E-state index in [2.05, 4.69) is 0 Å². The van der Waals surface area contributed by atoms with Gasteiger partial charge in [0, 0.05) is 0 Å². The highest BCUT2D eigenvalue weighted by molar-refractivity contribution is 5.99. The molecule has 1 amide bonds. The molecule has 25 heavy (non-hydrogen) atoms. The summed E-state index contributed by atoms with van der Waals surface area (Å²) in [4.78, 5) is 26.3. The molecule has 3 rings (SSSR count). The summed E-state index contributed by atoms with van der Waals surface area (Å²) in [5, 5.41) is 0. The van der Waals surface area contributed by atoms with Crippen molar-refractivity contribution in [1.29, 1.82) is 0 Å². The third kappa shape index (κ3) is 3.65. The van der Waals surface area contributed by atoms with Crippen LogP contribution in [-0.2, 0) is 16.1 Å². The van der Waals surface area contributed by atoms with Crippen molar-refractivity contribution in [1.82, 2.24) is 0 Å². The number of anilines is 1. The average Bonchev–Trinajstić information content (AvgIpc) is 2.63. The lowest BCUT2D eigenvalue weighted by Gasteiger charge is -2.33. The van der Waals surface area contributed by atoms with Gasteiger partial charge in [0.1, 0.15) is 5.75 Å². The van der Waals surface area contributed by atoms with Crippen LogP contribution in [0.1, 0.15) is 36.2 Å². The van der Waals surface area contributed by atoms with E-state index in [1.807, 2.05) is 37.3 Å². The number of nitrogens with zero attached hydrogens (tertiary/aromatic N) is 1. The maximum atomic E-state index is 12.6. The molecule has 5 heteroatoms. The number of hydrogen-bond acceptors (Lipinski definition) is 4. The van der Waals surface area contributed by atoms with Crippen LogP contribution in [0.4, 0.5) is 5.69 Å². The lowest BCUT2D eigenvalue weighted by Crippen LogP contribution is -2.43. The predicted molar refractivity (Wildman–Crippen MR) is 94.7 cm³/mol. The normalized spacial score (nSPS) is 16.2. The number of ether oxygens (including phenoxy) is 2. The zero-order valence-corrected chi connectivity index (χ0v) is 14.4. The molecule has 1 heterocycles. The smallest absolute Gasteiger partial charge is 0.338 e. The predicted octanol–water partition coefficient (Wildman–Crippen LogP) is 3.57. The zero-order chi connectivity index (χ0) is 17.8. The Labute approximate surface area is 147 Å². The van der Waals surface area contributed by atoms with Crippen LogP contribution in [0, 0.1) is 0 Å². The van der Waals surface area contributed by atoms with Crippen molar-refractivity contribution in [2.75, 3.05) is 11.5 Å². The van der Waals surface area contributed by atoms with Crippen molar-refractivity contribution in [3.05, 3.63) is 59.7 Å². The number of benzene rings is 2. The van der Waals surface area contributed by atoms with Crippen LogP contribution in [0.5, 0.6) is 5.75 Å². The molecule has 0 spiro atoms. The molecule has 130 valence electrons. The molecule has 0 fully saturated rings. The number of amides is 1. The molecule has 5 nitrogen and oxygen atoms in total. The second kappa shape index (κ2) is 7.38. The van der Waals surface area contributed by atoms with Crippen LogP contribution < -0.4 is 9.64 Å². The summed E-state index contributed by atoms with van der Waals surface area (Å²) in [6.45, 7) is 4.46. The molecule has 0 radical (unpaired) electrons. The molecule has 0 saturated carbocycles. The molecule has 0 aromatic heterocycles. The van der Waals surface area contributed by atoms with Gasteiger partial charge in [-0.25, -0.2) is 4.79 Å². The first-order chi connectivity index (χ1) is 12.1. The number of esters is 1. The fourth-order valence-corrected chi connectivity index (χ4v) is 2.78. The monoisotopic (exact) mass is 339 g/mol. The van der Waals surface area contributed by atoms with Crippen LogP contribution in [0.25, 0.3) is 0 Å². The highest BCUT2D eigenvalue weighted by Gasteiger charge is 2.31. The van der Waals surface area contributed by atoms with Crippen molar-refractivity contribution >= 4 is 17.6 Å². The maximum absolute atomic E-state index is 12.6. The average molecular weight is 339 g/mol. The van der Waals surface area contributed by atoms with Crippen molar-refractivity contribution in [3.63, 3.8) is 0 Å². The summed E-state index contributed by atoms with van der Waals surface area (Å²) in [6.07, 6.45) is 0.246. The fourth-order valence-electron chi connectivity index (χ4n) is 2.78. The Morgan fingerprint density at radius 1 is 1.20 bits per heavy atom. The molecule has 0 N–H and O–H groups in total. The van der Waals surface area contributed by atoms with Gasteiger partial charge in [0.15, 0.2) is 6.10 Å². The van der Waals surface area contributed by atoms with Gasteiger partial charge >= 0.3 is 5.97 Å². The van der Waals surface area contributed by atoms with E-state index in [0.29, 0.717) is 24.5 Å². The largest absolute Gasteiger partial charge is 0.479 e. The molecule has 0 aliphatic carbocycles. The third-order valence-corrected chi connectivity index (χ3v) is 4.01. The Morgan fingerprint density at radius 2 is 2.00 bits per heavy atom. The molecule has 1 aliphatic heterocycles. The Balaban J connectivity index is 1.84. The summed E-state index contributed by atoms with van der Waals surface area (Å²) in [7, 11) is 0. The topological polar surface area (TPSA) is 55.8 Å². The second-order valence-electron chi connectivity index (χ2n) is 5.99. The van der Waals surface area contributed by atoms with Crippen molar-refractivity contribution in [2.45, 2.75) is 32.9 Å². The number of hydrogen-bond donors (Lipinski definition) is 0. The first-order valence-corrected chi connectivity index (χ1v) is 8.43. The molecule has 2 aromatic rings. The van der Waals surface area contributed by atoms with Gasteiger partial charge in [-0.2, -0.15) is 0 Å². The Bertz CT molecular complexity index is 787. The van der Waals surface area contributed by atoms with E-state index in [4.69, 9.17) is 9.47 Å². The van der Waals surface area contributed by atoms with Crippen LogP contribution in [0.15, 0.2) is 48.5 Å². The molecule has 0 bridgehead atoms. The van der Waals surface area contributed by atoms with E-state index in [-0.39, 0.29) is 11.9 Å². The van der Waals surface area contributed by atoms with E-state index in [0.717, 1.165) is 17.7 Å². The zero-order valence-electron chi connectivity index (χ0n) is 14.4. The Hall–Kier alpha value is -2.82. The molecule has 2 aromatic carbocycles. The number of carbonyl (C=O) groups excluding carboxylic acids is 2. The van der Waals surface area contributed by atoms with E-state index in [1.165, 1.54) is 0 Å². The first-order valence-electron chi connectivity index (χ1n) is 8.43. The van der Waals surface area contributed by atoms with Gasteiger partial charge in [-0.15, -0.1) is 0 Å². The van der Waals surface area contributed by atoms with E-state index in [9.17, 15) is 9.59 Å². The number of carbonyl (C=O) groups is 2. The highest BCUT2D eigenvalue weighted by Crippen LogP contribution is 2.34. The van der Waals surface area contributed by atoms with E-state index in [1.54, 1.807) is 30.0 Å². The standard InChI is InChI=1S/C20H21NO4/c1-3-11-24-20(23)16-8-6-7-15(12-16)13-21-17-9-4-5-10-18(17)25-14(2)19(21)22/h4-10,12,14H,3,11,13H2,1-2H3. The second-order valence-corrected chi connectivity index (χ2v) is 5.99. The quantitative estimate of drug-likeness (QED) is 0.782.